The zero-order chi connectivity index (χ0) is 28.5. The second-order valence-corrected chi connectivity index (χ2v) is 9.91. The third kappa shape index (κ3) is 7.00. The Bertz CT molecular complexity index is 1310. The van der Waals surface area contributed by atoms with Crippen molar-refractivity contribution in [3.05, 3.63) is 107 Å². The van der Waals surface area contributed by atoms with Crippen molar-refractivity contribution in [2.24, 2.45) is 0 Å². The van der Waals surface area contributed by atoms with Gasteiger partial charge in [0.15, 0.2) is 0 Å². The Kier molecular flexibility index (Phi) is 9.78. The highest BCUT2D eigenvalue weighted by atomic mass is 19.1. The van der Waals surface area contributed by atoms with Crippen LogP contribution in [0.2, 0.25) is 0 Å². The van der Waals surface area contributed by atoms with E-state index in [0.717, 1.165) is 18.4 Å². The first kappa shape index (κ1) is 28.7. The molecule has 1 aliphatic rings. The number of nitrogens with zero attached hydrogens (tertiary/aromatic N) is 2. The maximum absolute atomic E-state index is 13.7. The van der Waals surface area contributed by atoms with E-state index in [4.69, 9.17) is 0 Å². The van der Waals surface area contributed by atoms with Crippen LogP contribution in [0.3, 0.4) is 0 Å². The number of amides is 4. The fourth-order valence-electron chi connectivity index (χ4n) is 4.82. The summed E-state index contributed by atoms with van der Waals surface area (Å²) in [6, 6.07) is 21.2. The van der Waals surface area contributed by atoms with Gasteiger partial charge in [-0.3, -0.25) is 24.1 Å². The predicted molar refractivity (Wildman–Crippen MR) is 150 cm³/mol. The number of rotatable bonds is 13. The summed E-state index contributed by atoms with van der Waals surface area (Å²) < 4.78 is 13.6. The predicted octanol–water partition coefficient (Wildman–Crippen LogP) is 4.76. The molecule has 0 bridgehead atoms. The molecule has 0 saturated carbocycles. The first-order chi connectivity index (χ1) is 19.4. The Hall–Kier alpha value is -4.33. The molecule has 1 unspecified atom stereocenters. The molecule has 0 aliphatic carbocycles. The van der Waals surface area contributed by atoms with E-state index in [-0.39, 0.29) is 55.4 Å². The van der Waals surface area contributed by atoms with Crippen molar-refractivity contribution in [3.63, 3.8) is 0 Å². The molecule has 7 nitrogen and oxygen atoms in total. The summed E-state index contributed by atoms with van der Waals surface area (Å²) in [5.41, 5.74) is 2.32. The second-order valence-electron chi connectivity index (χ2n) is 9.91. The van der Waals surface area contributed by atoms with Crippen molar-refractivity contribution in [2.45, 2.75) is 51.6 Å². The van der Waals surface area contributed by atoms with Gasteiger partial charge in [-0.2, -0.15) is 0 Å². The van der Waals surface area contributed by atoms with Crippen LogP contribution in [0, 0.1) is 5.82 Å². The van der Waals surface area contributed by atoms with Crippen LogP contribution in [-0.4, -0.2) is 52.6 Å². The molecule has 3 aromatic carbocycles. The lowest BCUT2D eigenvalue weighted by atomic mass is 10.0. The van der Waals surface area contributed by atoms with Gasteiger partial charge in [-0.25, -0.2) is 4.39 Å². The lowest BCUT2D eigenvalue weighted by molar-refractivity contribution is -0.141. The third-order valence-corrected chi connectivity index (χ3v) is 7.02. The van der Waals surface area contributed by atoms with E-state index in [1.165, 1.54) is 21.9 Å². The van der Waals surface area contributed by atoms with Gasteiger partial charge in [0.25, 0.3) is 11.8 Å². The van der Waals surface area contributed by atoms with E-state index in [0.29, 0.717) is 29.7 Å². The number of imide groups is 1. The van der Waals surface area contributed by atoms with Gasteiger partial charge >= 0.3 is 0 Å². The molecule has 1 aliphatic heterocycles. The van der Waals surface area contributed by atoms with E-state index in [9.17, 15) is 23.6 Å². The average molecular weight is 544 g/mol. The zero-order valence-electron chi connectivity index (χ0n) is 22.6. The van der Waals surface area contributed by atoms with Crippen LogP contribution in [0.15, 0.2) is 78.9 Å². The number of benzene rings is 3. The van der Waals surface area contributed by atoms with Crippen molar-refractivity contribution in [2.75, 3.05) is 13.1 Å². The summed E-state index contributed by atoms with van der Waals surface area (Å²) in [5.74, 6) is -1.66. The number of fused-ring (bicyclic) bond motifs is 1. The highest BCUT2D eigenvalue weighted by Crippen LogP contribution is 2.23. The summed E-state index contributed by atoms with van der Waals surface area (Å²) in [6.07, 6.45) is 2.32. The summed E-state index contributed by atoms with van der Waals surface area (Å²) in [6.45, 7) is 2.74. The van der Waals surface area contributed by atoms with E-state index in [2.05, 4.69) is 5.32 Å². The SMILES string of the molecule is CCCCNC(=O)C(Cc1ccccc1)N(Cc1ccc(F)cc1)C(=O)CCCN1C(=O)c2ccccc2C1=O. The van der Waals surface area contributed by atoms with Gasteiger partial charge in [0.05, 0.1) is 11.1 Å². The smallest absolute Gasteiger partial charge is 0.261 e. The Morgan fingerprint density at radius 2 is 1.48 bits per heavy atom. The number of nitrogens with one attached hydrogen (secondary N) is 1. The summed E-state index contributed by atoms with van der Waals surface area (Å²) in [4.78, 5) is 55.3. The van der Waals surface area contributed by atoms with Crippen molar-refractivity contribution in [1.82, 2.24) is 15.1 Å². The van der Waals surface area contributed by atoms with Gasteiger partial charge in [0.2, 0.25) is 11.8 Å². The van der Waals surface area contributed by atoms with Crippen LogP contribution in [0.4, 0.5) is 4.39 Å². The van der Waals surface area contributed by atoms with Gasteiger partial charge in [0.1, 0.15) is 11.9 Å². The molecular formula is C32H34FN3O4. The fraction of sp³-hybridized carbons (Fsp3) is 0.312. The van der Waals surface area contributed by atoms with Gasteiger partial charge < -0.3 is 10.2 Å². The van der Waals surface area contributed by atoms with E-state index < -0.39 is 6.04 Å². The third-order valence-electron chi connectivity index (χ3n) is 7.02. The maximum Gasteiger partial charge on any atom is 0.261 e. The molecule has 1 heterocycles. The lowest BCUT2D eigenvalue weighted by Crippen LogP contribution is -2.50. The minimum Gasteiger partial charge on any atom is -0.354 e. The van der Waals surface area contributed by atoms with Gasteiger partial charge in [-0.05, 0) is 48.2 Å². The summed E-state index contributed by atoms with van der Waals surface area (Å²) in [7, 11) is 0. The molecule has 40 heavy (non-hydrogen) atoms. The van der Waals surface area contributed by atoms with Crippen LogP contribution < -0.4 is 5.32 Å². The number of unbranched alkanes of at least 4 members (excludes halogenated alkanes) is 1. The molecular weight excluding hydrogens is 509 g/mol. The molecule has 8 heteroatoms. The van der Waals surface area contributed by atoms with Crippen molar-refractivity contribution in [1.29, 1.82) is 0 Å². The number of halogens is 1. The first-order valence-corrected chi connectivity index (χ1v) is 13.7. The lowest BCUT2D eigenvalue weighted by Gasteiger charge is -2.32. The maximum atomic E-state index is 13.7. The molecule has 0 fully saturated rings. The number of carbonyl (C=O) groups is 4. The van der Waals surface area contributed by atoms with Crippen molar-refractivity contribution >= 4 is 23.6 Å². The molecule has 4 amide bonds. The molecule has 3 aromatic rings. The molecule has 1 N–H and O–H groups in total. The van der Waals surface area contributed by atoms with Crippen LogP contribution in [0.1, 0.15) is 64.4 Å². The van der Waals surface area contributed by atoms with Gasteiger partial charge in [-0.15, -0.1) is 0 Å². The second kappa shape index (κ2) is 13.6. The number of carbonyl (C=O) groups excluding carboxylic acids is 4. The Morgan fingerprint density at radius 3 is 2.10 bits per heavy atom. The molecule has 0 spiro atoms. The zero-order valence-corrected chi connectivity index (χ0v) is 22.6. The molecule has 0 radical (unpaired) electrons. The van der Waals surface area contributed by atoms with Crippen molar-refractivity contribution < 1.29 is 23.6 Å². The van der Waals surface area contributed by atoms with E-state index >= 15 is 0 Å². The minimum absolute atomic E-state index is 0.0299. The number of hydrogen-bond acceptors (Lipinski definition) is 4. The number of hydrogen-bond donors (Lipinski definition) is 1. The van der Waals surface area contributed by atoms with Crippen LogP contribution >= 0.6 is 0 Å². The highest BCUT2D eigenvalue weighted by Gasteiger charge is 2.35. The van der Waals surface area contributed by atoms with Gasteiger partial charge in [0, 0.05) is 32.5 Å². The largest absolute Gasteiger partial charge is 0.354 e. The standard InChI is InChI=1S/C32H34FN3O4/c1-2-3-19-34-30(38)28(21-23-10-5-4-6-11-23)36(22-24-15-17-25(33)18-16-24)29(37)14-9-20-35-31(39)26-12-7-8-13-27(26)32(35)40/h4-8,10-13,15-18,28H,2-3,9,14,19-22H2,1H3,(H,34,38). The monoisotopic (exact) mass is 543 g/mol. The molecule has 1 atom stereocenters. The molecule has 4 rings (SSSR count). The Morgan fingerprint density at radius 1 is 0.850 bits per heavy atom. The average Bonchev–Trinajstić information content (AvgIpc) is 3.21. The Balaban J connectivity index is 1.53. The van der Waals surface area contributed by atoms with Crippen LogP contribution in [0.25, 0.3) is 0 Å². The highest BCUT2D eigenvalue weighted by molar-refractivity contribution is 6.21. The fourth-order valence-corrected chi connectivity index (χ4v) is 4.82. The van der Waals surface area contributed by atoms with E-state index in [1.807, 2.05) is 37.3 Å². The van der Waals surface area contributed by atoms with Crippen molar-refractivity contribution in [3.8, 4) is 0 Å². The topological polar surface area (TPSA) is 86.8 Å². The summed E-state index contributed by atoms with van der Waals surface area (Å²) in [5, 5.41) is 2.97. The quantitative estimate of drug-likeness (QED) is 0.249. The van der Waals surface area contributed by atoms with Crippen LogP contribution in [-0.2, 0) is 22.6 Å². The van der Waals surface area contributed by atoms with Gasteiger partial charge in [-0.1, -0.05) is 67.9 Å². The molecule has 0 aromatic heterocycles. The minimum atomic E-state index is -0.795. The first-order valence-electron chi connectivity index (χ1n) is 13.7. The van der Waals surface area contributed by atoms with Crippen LogP contribution in [0.5, 0.6) is 0 Å². The Labute approximate surface area is 234 Å². The van der Waals surface area contributed by atoms with E-state index in [1.54, 1.807) is 36.4 Å². The summed E-state index contributed by atoms with van der Waals surface area (Å²) >= 11 is 0. The molecule has 208 valence electrons. The normalized spacial score (nSPS) is 13.2. The molecule has 0 saturated heterocycles.